The summed E-state index contributed by atoms with van der Waals surface area (Å²) in [6.45, 7) is 0. The van der Waals surface area contributed by atoms with Crippen LogP contribution >= 0.6 is 0 Å². The van der Waals surface area contributed by atoms with Crippen molar-refractivity contribution in [1.82, 2.24) is 25.9 Å². The molecule has 0 radical (unpaired) electrons. The van der Waals surface area contributed by atoms with E-state index in [9.17, 15) is 9.59 Å². The number of rotatable bonds is 6. The first-order valence-corrected chi connectivity index (χ1v) is 5.98. The van der Waals surface area contributed by atoms with Crippen molar-refractivity contribution in [2.24, 2.45) is 0 Å². The summed E-state index contributed by atoms with van der Waals surface area (Å²) in [6.07, 6.45) is 0.231. The second kappa shape index (κ2) is 6.41. The minimum Gasteiger partial charge on any atom is -0.481 e. The van der Waals surface area contributed by atoms with E-state index in [0.717, 1.165) is 5.56 Å². The number of hydrogen-bond acceptors (Lipinski definition) is 5. The highest BCUT2D eigenvalue weighted by Gasteiger charge is 2.19. The zero-order chi connectivity index (χ0) is 14.4. The van der Waals surface area contributed by atoms with Crippen molar-refractivity contribution < 1.29 is 14.7 Å². The van der Waals surface area contributed by atoms with Crippen molar-refractivity contribution in [1.29, 1.82) is 0 Å². The third-order valence-corrected chi connectivity index (χ3v) is 2.70. The number of carbonyl (C=O) groups is 2. The summed E-state index contributed by atoms with van der Waals surface area (Å²) in [4.78, 5) is 22.6. The lowest BCUT2D eigenvalue weighted by Crippen LogP contribution is -2.30. The number of aromatic nitrogens is 4. The fraction of sp³-hybridized carbons (Fsp3) is 0.250. The molecule has 1 unspecified atom stereocenters. The second-order valence-electron chi connectivity index (χ2n) is 4.10. The third kappa shape index (κ3) is 3.61. The van der Waals surface area contributed by atoms with Crippen LogP contribution in [0.25, 0.3) is 0 Å². The predicted octanol–water partition coefficient (Wildman–Crippen LogP) is 0.536. The number of amides is 1. The topological polar surface area (TPSA) is 121 Å². The quantitative estimate of drug-likeness (QED) is 0.707. The number of aromatic amines is 1. The van der Waals surface area contributed by atoms with Crippen molar-refractivity contribution in [2.45, 2.75) is 18.9 Å². The maximum Gasteiger partial charge on any atom is 0.303 e. The van der Waals surface area contributed by atoms with Gasteiger partial charge < -0.3 is 10.4 Å². The Labute approximate surface area is 114 Å². The van der Waals surface area contributed by atoms with Gasteiger partial charge in [0.1, 0.15) is 0 Å². The molecule has 0 bridgehead atoms. The Balaban J connectivity index is 2.10. The van der Waals surface area contributed by atoms with Gasteiger partial charge in [-0.2, -0.15) is 5.21 Å². The van der Waals surface area contributed by atoms with Crippen LogP contribution in [0.4, 0.5) is 0 Å². The maximum atomic E-state index is 11.9. The minimum absolute atomic E-state index is 0.0495. The van der Waals surface area contributed by atoms with Crippen molar-refractivity contribution in [3.05, 3.63) is 41.7 Å². The summed E-state index contributed by atoms with van der Waals surface area (Å²) >= 11 is 0. The molecule has 3 N–H and O–H groups in total. The van der Waals surface area contributed by atoms with E-state index in [1.165, 1.54) is 0 Å². The molecule has 0 spiro atoms. The Kier molecular flexibility index (Phi) is 4.38. The second-order valence-corrected chi connectivity index (χ2v) is 4.10. The molecular weight excluding hydrogens is 262 g/mol. The number of carboxylic acid groups (broad SMARTS) is 1. The fourth-order valence-electron chi connectivity index (χ4n) is 1.76. The van der Waals surface area contributed by atoms with E-state index in [-0.39, 0.29) is 18.7 Å². The number of hydrogen-bond donors (Lipinski definition) is 3. The normalized spacial score (nSPS) is 11.8. The summed E-state index contributed by atoms with van der Waals surface area (Å²) in [7, 11) is 0. The first-order valence-electron chi connectivity index (χ1n) is 5.98. The van der Waals surface area contributed by atoms with Crippen LogP contribution in [0.15, 0.2) is 30.3 Å². The highest BCUT2D eigenvalue weighted by atomic mass is 16.4. The van der Waals surface area contributed by atoms with Crippen molar-refractivity contribution in [3.8, 4) is 0 Å². The van der Waals surface area contributed by atoms with Gasteiger partial charge in [-0.15, -0.1) is 10.2 Å². The molecule has 0 fully saturated rings. The van der Waals surface area contributed by atoms with Gasteiger partial charge in [-0.1, -0.05) is 30.3 Å². The Morgan fingerprint density at radius 1 is 1.30 bits per heavy atom. The molecule has 1 heterocycles. The van der Waals surface area contributed by atoms with Gasteiger partial charge in [0.25, 0.3) is 11.7 Å². The predicted molar refractivity (Wildman–Crippen MR) is 67.7 cm³/mol. The number of nitrogens with zero attached hydrogens (tertiary/aromatic N) is 3. The lowest BCUT2D eigenvalue weighted by molar-refractivity contribution is -0.137. The monoisotopic (exact) mass is 275 g/mol. The Morgan fingerprint density at radius 3 is 2.65 bits per heavy atom. The zero-order valence-electron chi connectivity index (χ0n) is 10.5. The molecule has 1 atom stereocenters. The van der Waals surface area contributed by atoms with E-state index in [4.69, 9.17) is 5.11 Å². The molecule has 2 aromatic rings. The van der Waals surface area contributed by atoms with E-state index in [0.29, 0.717) is 0 Å². The Hall–Kier alpha value is -2.77. The molecule has 1 aromatic carbocycles. The van der Waals surface area contributed by atoms with Crippen LogP contribution < -0.4 is 5.32 Å². The maximum absolute atomic E-state index is 11.9. The lowest BCUT2D eigenvalue weighted by atomic mass is 10.0. The molecule has 0 aliphatic carbocycles. The molecular formula is C12H13N5O3. The van der Waals surface area contributed by atoms with Crippen LogP contribution in [0.2, 0.25) is 0 Å². The summed E-state index contributed by atoms with van der Waals surface area (Å²) in [5, 5.41) is 24.1. The number of carboxylic acids is 1. The average molecular weight is 275 g/mol. The first-order chi connectivity index (χ1) is 9.66. The van der Waals surface area contributed by atoms with Crippen LogP contribution in [-0.2, 0) is 4.79 Å². The lowest BCUT2D eigenvalue weighted by Gasteiger charge is -2.17. The molecule has 1 amide bonds. The number of benzene rings is 1. The van der Waals surface area contributed by atoms with Crippen LogP contribution in [0.3, 0.4) is 0 Å². The zero-order valence-corrected chi connectivity index (χ0v) is 10.5. The van der Waals surface area contributed by atoms with Gasteiger partial charge in [-0.3, -0.25) is 9.59 Å². The van der Waals surface area contributed by atoms with Crippen molar-refractivity contribution in [3.63, 3.8) is 0 Å². The van der Waals surface area contributed by atoms with Crippen molar-refractivity contribution in [2.75, 3.05) is 0 Å². The van der Waals surface area contributed by atoms with Crippen LogP contribution in [0.5, 0.6) is 0 Å². The number of tetrazole rings is 1. The molecule has 0 saturated heterocycles. The van der Waals surface area contributed by atoms with Crippen LogP contribution in [0.1, 0.15) is 35.1 Å². The van der Waals surface area contributed by atoms with Gasteiger partial charge in [0.15, 0.2) is 0 Å². The molecule has 8 heteroatoms. The molecule has 0 aliphatic rings. The SMILES string of the molecule is O=C(O)CCC(NC(=O)c1nn[nH]n1)c1ccccc1. The highest BCUT2D eigenvalue weighted by Crippen LogP contribution is 2.18. The van der Waals surface area contributed by atoms with Gasteiger partial charge in [0, 0.05) is 6.42 Å². The molecule has 2 rings (SSSR count). The van der Waals surface area contributed by atoms with Gasteiger partial charge in [0.2, 0.25) is 0 Å². The minimum atomic E-state index is -0.917. The Morgan fingerprint density at radius 2 is 2.05 bits per heavy atom. The largest absolute Gasteiger partial charge is 0.481 e. The van der Waals surface area contributed by atoms with Gasteiger partial charge in [0.05, 0.1) is 6.04 Å². The van der Waals surface area contributed by atoms with Crippen LogP contribution in [0, 0.1) is 0 Å². The summed E-state index contributed by atoms with van der Waals surface area (Å²) in [6, 6.07) is 8.72. The van der Waals surface area contributed by atoms with E-state index in [2.05, 4.69) is 25.9 Å². The summed E-state index contributed by atoms with van der Waals surface area (Å²) < 4.78 is 0. The third-order valence-electron chi connectivity index (χ3n) is 2.70. The number of carbonyl (C=O) groups excluding carboxylic acids is 1. The molecule has 0 aliphatic heterocycles. The number of aliphatic carboxylic acids is 1. The fourth-order valence-corrected chi connectivity index (χ4v) is 1.76. The van der Waals surface area contributed by atoms with Gasteiger partial charge >= 0.3 is 5.97 Å². The van der Waals surface area contributed by atoms with E-state index in [1.54, 1.807) is 0 Å². The smallest absolute Gasteiger partial charge is 0.303 e. The number of nitrogens with one attached hydrogen (secondary N) is 2. The van der Waals surface area contributed by atoms with E-state index < -0.39 is 17.9 Å². The van der Waals surface area contributed by atoms with Crippen LogP contribution in [-0.4, -0.2) is 37.6 Å². The van der Waals surface area contributed by atoms with E-state index >= 15 is 0 Å². The van der Waals surface area contributed by atoms with Gasteiger partial charge in [-0.05, 0) is 17.2 Å². The molecule has 1 aromatic heterocycles. The van der Waals surface area contributed by atoms with Crippen molar-refractivity contribution >= 4 is 11.9 Å². The summed E-state index contributed by atoms with van der Waals surface area (Å²) in [5.41, 5.74) is 0.825. The van der Waals surface area contributed by atoms with Gasteiger partial charge in [-0.25, -0.2) is 0 Å². The standard InChI is InChI=1S/C12H13N5O3/c18-10(19)7-6-9(8-4-2-1-3-5-8)13-12(20)11-14-16-17-15-11/h1-5,9H,6-7H2,(H,13,20)(H,18,19)(H,14,15,16,17). The molecule has 20 heavy (non-hydrogen) atoms. The summed E-state index contributed by atoms with van der Waals surface area (Å²) in [5.74, 6) is -1.50. The first kappa shape index (κ1) is 13.7. The average Bonchev–Trinajstić information content (AvgIpc) is 2.98. The Bertz CT molecular complexity index is 570. The molecule has 104 valence electrons. The number of H-pyrrole nitrogens is 1. The molecule has 8 nitrogen and oxygen atoms in total. The highest BCUT2D eigenvalue weighted by molar-refractivity contribution is 5.90. The molecule has 0 saturated carbocycles. The van der Waals surface area contributed by atoms with E-state index in [1.807, 2.05) is 30.3 Å².